The molecule has 0 radical (unpaired) electrons. The first-order valence-corrected chi connectivity index (χ1v) is 9.92. The molecular formula is C20H25N5O. The van der Waals surface area contributed by atoms with Crippen LogP contribution in [0.1, 0.15) is 54.0 Å². The van der Waals surface area contributed by atoms with Crippen LogP contribution in [0.5, 0.6) is 0 Å². The van der Waals surface area contributed by atoms with Crippen LogP contribution >= 0.6 is 0 Å². The molecule has 2 aliphatic carbocycles. The minimum atomic E-state index is 0.0431. The van der Waals surface area contributed by atoms with Gasteiger partial charge < -0.3 is 4.90 Å². The van der Waals surface area contributed by atoms with Gasteiger partial charge in [-0.2, -0.15) is 5.10 Å². The largest absolute Gasteiger partial charge is 0.351 e. The molecule has 0 N–H and O–H groups in total. The van der Waals surface area contributed by atoms with E-state index >= 15 is 0 Å². The fraction of sp³-hybridized carbons (Fsp3) is 0.600. The highest BCUT2D eigenvalue weighted by Gasteiger charge is 2.31. The van der Waals surface area contributed by atoms with Crippen molar-refractivity contribution in [2.45, 2.75) is 70.9 Å². The molecule has 2 aromatic rings. The highest BCUT2D eigenvalue weighted by Crippen LogP contribution is 2.33. The van der Waals surface area contributed by atoms with Crippen LogP contribution in [0.4, 0.5) is 5.82 Å². The summed E-state index contributed by atoms with van der Waals surface area (Å²) in [5, 5.41) is 4.68. The second-order valence-electron chi connectivity index (χ2n) is 7.85. The molecule has 5 rings (SSSR count). The Balaban J connectivity index is 1.47. The monoisotopic (exact) mass is 351 g/mol. The highest BCUT2D eigenvalue weighted by molar-refractivity contribution is 5.52. The zero-order chi connectivity index (χ0) is 17.7. The Morgan fingerprint density at radius 1 is 1.08 bits per heavy atom. The van der Waals surface area contributed by atoms with Gasteiger partial charge in [-0.25, -0.2) is 14.6 Å². The quantitative estimate of drug-likeness (QED) is 0.846. The molecular weight excluding hydrogens is 326 g/mol. The van der Waals surface area contributed by atoms with E-state index in [1.165, 1.54) is 17.7 Å². The maximum absolute atomic E-state index is 12.5. The van der Waals surface area contributed by atoms with Crippen LogP contribution in [-0.2, 0) is 32.2 Å². The molecule has 1 atom stereocenters. The minimum Gasteiger partial charge on any atom is -0.351 e. The van der Waals surface area contributed by atoms with E-state index in [2.05, 4.69) is 15.0 Å². The van der Waals surface area contributed by atoms with E-state index in [0.29, 0.717) is 12.6 Å². The van der Waals surface area contributed by atoms with E-state index in [9.17, 15) is 4.79 Å². The molecule has 1 unspecified atom stereocenters. The van der Waals surface area contributed by atoms with Gasteiger partial charge in [0.15, 0.2) is 0 Å². The minimum absolute atomic E-state index is 0.0431. The Hall–Kier alpha value is -2.24. The van der Waals surface area contributed by atoms with Gasteiger partial charge in [0.25, 0.3) is 5.56 Å². The predicted octanol–water partition coefficient (Wildman–Crippen LogP) is 1.99. The van der Waals surface area contributed by atoms with Crippen LogP contribution in [0.15, 0.2) is 10.9 Å². The zero-order valence-corrected chi connectivity index (χ0v) is 15.4. The molecule has 0 saturated carbocycles. The SMILES string of the molecule is Cc1nc2c(c(N3CCCC3Cn3nc4c(cc3=O)CCC4)n1)CCC2. The third-order valence-corrected chi connectivity index (χ3v) is 6.08. The number of aromatic nitrogens is 4. The van der Waals surface area contributed by atoms with Crippen molar-refractivity contribution in [3.63, 3.8) is 0 Å². The summed E-state index contributed by atoms with van der Waals surface area (Å²) in [5.74, 6) is 1.97. The number of rotatable bonds is 3. The molecule has 6 nitrogen and oxygen atoms in total. The van der Waals surface area contributed by atoms with Gasteiger partial charge >= 0.3 is 0 Å². The van der Waals surface area contributed by atoms with Crippen molar-refractivity contribution in [2.75, 3.05) is 11.4 Å². The summed E-state index contributed by atoms with van der Waals surface area (Å²) < 4.78 is 1.70. The van der Waals surface area contributed by atoms with Crippen LogP contribution in [-0.4, -0.2) is 32.3 Å². The van der Waals surface area contributed by atoms with Crippen molar-refractivity contribution < 1.29 is 0 Å². The van der Waals surface area contributed by atoms with Crippen molar-refractivity contribution in [3.05, 3.63) is 44.8 Å². The smallest absolute Gasteiger partial charge is 0.267 e. The van der Waals surface area contributed by atoms with E-state index in [0.717, 1.165) is 74.4 Å². The topological polar surface area (TPSA) is 63.9 Å². The Bertz CT molecular complexity index is 919. The number of hydrogen-bond donors (Lipinski definition) is 0. The average molecular weight is 351 g/mol. The second kappa shape index (κ2) is 6.18. The molecule has 26 heavy (non-hydrogen) atoms. The van der Waals surface area contributed by atoms with Gasteiger partial charge in [-0.1, -0.05) is 0 Å². The van der Waals surface area contributed by atoms with Crippen LogP contribution in [0.2, 0.25) is 0 Å². The van der Waals surface area contributed by atoms with Gasteiger partial charge in [-0.05, 0) is 63.9 Å². The van der Waals surface area contributed by atoms with Gasteiger partial charge in [0, 0.05) is 23.9 Å². The summed E-state index contributed by atoms with van der Waals surface area (Å²) in [6, 6.07) is 2.10. The molecule has 0 spiro atoms. The van der Waals surface area contributed by atoms with Gasteiger partial charge in [0.1, 0.15) is 11.6 Å². The van der Waals surface area contributed by atoms with E-state index in [4.69, 9.17) is 4.98 Å². The number of fused-ring (bicyclic) bond motifs is 2. The lowest BCUT2D eigenvalue weighted by Gasteiger charge is -2.28. The molecule has 1 aliphatic heterocycles. The lowest BCUT2D eigenvalue weighted by Crippen LogP contribution is -2.38. The van der Waals surface area contributed by atoms with Crippen LogP contribution in [0.3, 0.4) is 0 Å². The van der Waals surface area contributed by atoms with Crippen LogP contribution in [0.25, 0.3) is 0 Å². The summed E-state index contributed by atoms with van der Waals surface area (Å²) >= 11 is 0. The van der Waals surface area contributed by atoms with Gasteiger partial charge in [0.05, 0.1) is 18.3 Å². The Kier molecular flexibility index (Phi) is 3.80. The van der Waals surface area contributed by atoms with E-state index in [1.807, 2.05) is 6.92 Å². The number of nitrogens with zero attached hydrogens (tertiary/aromatic N) is 5. The lowest BCUT2D eigenvalue weighted by molar-refractivity contribution is 0.481. The first-order chi connectivity index (χ1) is 12.7. The fourth-order valence-corrected chi connectivity index (χ4v) is 4.84. The Labute approximate surface area is 153 Å². The van der Waals surface area contributed by atoms with Crippen molar-refractivity contribution in [2.24, 2.45) is 0 Å². The lowest BCUT2D eigenvalue weighted by atomic mass is 10.2. The number of anilines is 1. The van der Waals surface area contributed by atoms with Gasteiger partial charge in [0.2, 0.25) is 0 Å². The standard InChI is InChI=1S/C20H25N5O/c1-13-21-18-9-3-7-16(18)20(22-13)24-10-4-6-15(24)12-25-19(26)11-14-5-2-8-17(14)23-25/h11,15H,2-10,12H2,1H3. The van der Waals surface area contributed by atoms with Gasteiger partial charge in [-0.15, -0.1) is 0 Å². The normalized spacial score (nSPS) is 21.3. The molecule has 3 aliphatic rings. The van der Waals surface area contributed by atoms with Crippen molar-refractivity contribution in [1.29, 1.82) is 0 Å². The molecule has 0 aromatic carbocycles. The summed E-state index contributed by atoms with van der Waals surface area (Å²) in [4.78, 5) is 24.4. The average Bonchev–Trinajstić information content (AvgIpc) is 3.34. The Morgan fingerprint density at radius 2 is 1.92 bits per heavy atom. The molecule has 3 heterocycles. The number of aryl methyl sites for hydroxylation is 4. The summed E-state index contributed by atoms with van der Waals surface area (Å²) in [5.41, 5.74) is 4.87. The molecule has 0 amide bonds. The van der Waals surface area contributed by atoms with E-state index < -0.39 is 0 Å². The molecule has 2 aromatic heterocycles. The predicted molar refractivity (Wildman–Crippen MR) is 99.7 cm³/mol. The fourth-order valence-electron chi connectivity index (χ4n) is 4.84. The number of hydrogen-bond acceptors (Lipinski definition) is 5. The summed E-state index contributed by atoms with van der Waals surface area (Å²) in [7, 11) is 0. The molecule has 0 bridgehead atoms. The summed E-state index contributed by atoms with van der Waals surface area (Å²) in [6.45, 7) is 3.65. The van der Waals surface area contributed by atoms with Crippen molar-refractivity contribution in [1.82, 2.24) is 19.7 Å². The van der Waals surface area contributed by atoms with Crippen molar-refractivity contribution in [3.8, 4) is 0 Å². The Morgan fingerprint density at radius 3 is 2.85 bits per heavy atom. The second-order valence-corrected chi connectivity index (χ2v) is 7.85. The maximum atomic E-state index is 12.5. The zero-order valence-electron chi connectivity index (χ0n) is 15.4. The molecule has 1 saturated heterocycles. The maximum Gasteiger partial charge on any atom is 0.267 e. The molecule has 1 fully saturated rings. The third-order valence-electron chi connectivity index (χ3n) is 6.08. The first kappa shape index (κ1) is 16.0. The molecule has 6 heteroatoms. The van der Waals surface area contributed by atoms with Crippen molar-refractivity contribution >= 4 is 5.82 Å². The van der Waals surface area contributed by atoms with E-state index in [-0.39, 0.29) is 5.56 Å². The van der Waals surface area contributed by atoms with E-state index in [1.54, 1.807) is 10.7 Å². The first-order valence-electron chi connectivity index (χ1n) is 9.92. The summed E-state index contributed by atoms with van der Waals surface area (Å²) in [6.07, 6.45) is 8.66. The van der Waals surface area contributed by atoms with Crippen LogP contribution in [0, 0.1) is 6.92 Å². The molecule has 136 valence electrons. The highest BCUT2D eigenvalue weighted by atomic mass is 16.1. The van der Waals surface area contributed by atoms with Gasteiger partial charge in [-0.3, -0.25) is 4.79 Å². The van der Waals surface area contributed by atoms with Crippen LogP contribution < -0.4 is 10.5 Å². The third kappa shape index (κ3) is 2.63.